The lowest BCUT2D eigenvalue weighted by atomic mass is 9.86. The van der Waals surface area contributed by atoms with Gasteiger partial charge in [-0.15, -0.1) is 0 Å². The van der Waals surface area contributed by atoms with Crippen molar-refractivity contribution >= 4 is 21.8 Å². The van der Waals surface area contributed by atoms with Crippen LogP contribution in [0.1, 0.15) is 36.2 Å². The third-order valence-corrected chi connectivity index (χ3v) is 4.15. The van der Waals surface area contributed by atoms with Crippen molar-refractivity contribution in [1.82, 2.24) is 4.90 Å². The van der Waals surface area contributed by atoms with Gasteiger partial charge in [0.2, 0.25) is 0 Å². The van der Waals surface area contributed by atoms with Gasteiger partial charge in [-0.2, -0.15) is 0 Å². The van der Waals surface area contributed by atoms with Crippen molar-refractivity contribution < 1.29 is 14.3 Å². The summed E-state index contributed by atoms with van der Waals surface area (Å²) < 4.78 is 5.86. The second-order valence-electron chi connectivity index (χ2n) is 4.88. The molecule has 1 aromatic rings. The fraction of sp³-hybridized carbons (Fsp3) is 0.615. The monoisotopic (exact) mass is 315 g/mol. The van der Waals surface area contributed by atoms with Crippen LogP contribution in [0.4, 0.5) is 0 Å². The SMILES string of the molecule is CN(C(=O)c1ccc(Br)o1)C1CCC(CO)CC1. The highest BCUT2D eigenvalue weighted by Crippen LogP contribution is 2.27. The predicted molar refractivity (Wildman–Crippen MR) is 71.3 cm³/mol. The number of hydrogen-bond donors (Lipinski definition) is 1. The summed E-state index contributed by atoms with van der Waals surface area (Å²) in [6, 6.07) is 3.66. The number of aliphatic hydroxyl groups excluding tert-OH is 1. The molecule has 0 atom stereocenters. The maximum absolute atomic E-state index is 12.2. The molecule has 0 aliphatic heterocycles. The van der Waals surface area contributed by atoms with E-state index < -0.39 is 0 Å². The zero-order chi connectivity index (χ0) is 13.1. The van der Waals surface area contributed by atoms with E-state index in [1.807, 2.05) is 7.05 Å². The summed E-state index contributed by atoms with van der Waals surface area (Å²) >= 11 is 3.20. The van der Waals surface area contributed by atoms with Crippen LogP contribution in [0, 0.1) is 5.92 Å². The summed E-state index contributed by atoms with van der Waals surface area (Å²) in [6.07, 6.45) is 3.88. The third-order valence-electron chi connectivity index (χ3n) is 3.73. The van der Waals surface area contributed by atoms with E-state index in [0.717, 1.165) is 25.7 Å². The summed E-state index contributed by atoms with van der Waals surface area (Å²) in [5.74, 6) is 0.698. The molecule has 4 nitrogen and oxygen atoms in total. The second kappa shape index (κ2) is 5.89. The molecule has 100 valence electrons. The van der Waals surface area contributed by atoms with Gasteiger partial charge in [0, 0.05) is 19.7 Å². The van der Waals surface area contributed by atoms with Crippen molar-refractivity contribution in [2.45, 2.75) is 31.7 Å². The first-order valence-corrected chi connectivity index (χ1v) is 7.04. The lowest BCUT2D eigenvalue weighted by Crippen LogP contribution is -2.39. The average molecular weight is 316 g/mol. The van der Waals surface area contributed by atoms with Crippen LogP contribution < -0.4 is 0 Å². The number of carbonyl (C=O) groups is 1. The molecule has 0 spiro atoms. The number of halogens is 1. The zero-order valence-corrected chi connectivity index (χ0v) is 12.0. The Labute approximate surface area is 115 Å². The smallest absolute Gasteiger partial charge is 0.289 e. The average Bonchev–Trinajstić information content (AvgIpc) is 2.84. The summed E-state index contributed by atoms with van der Waals surface area (Å²) in [5, 5.41) is 9.11. The number of carbonyl (C=O) groups excluding carboxylic acids is 1. The van der Waals surface area contributed by atoms with E-state index in [1.165, 1.54) is 0 Å². The number of furan rings is 1. The molecule has 1 aliphatic rings. The number of nitrogens with zero attached hydrogens (tertiary/aromatic N) is 1. The van der Waals surface area contributed by atoms with Crippen LogP contribution in [-0.4, -0.2) is 35.6 Å². The molecule has 0 aromatic carbocycles. The van der Waals surface area contributed by atoms with Gasteiger partial charge in [0.25, 0.3) is 5.91 Å². The number of aliphatic hydroxyl groups is 1. The van der Waals surface area contributed by atoms with E-state index in [1.54, 1.807) is 17.0 Å². The van der Waals surface area contributed by atoms with Gasteiger partial charge in [0.05, 0.1) is 0 Å². The molecule has 2 rings (SSSR count). The van der Waals surface area contributed by atoms with Crippen molar-refractivity contribution in [1.29, 1.82) is 0 Å². The maximum Gasteiger partial charge on any atom is 0.289 e. The topological polar surface area (TPSA) is 53.7 Å². The highest BCUT2D eigenvalue weighted by Gasteiger charge is 2.27. The molecule has 1 aliphatic carbocycles. The van der Waals surface area contributed by atoms with Crippen LogP contribution in [0.15, 0.2) is 21.2 Å². The van der Waals surface area contributed by atoms with Crippen LogP contribution in [0.5, 0.6) is 0 Å². The van der Waals surface area contributed by atoms with Gasteiger partial charge >= 0.3 is 0 Å². The van der Waals surface area contributed by atoms with Crippen LogP contribution in [0.2, 0.25) is 0 Å². The van der Waals surface area contributed by atoms with Crippen LogP contribution in [0.25, 0.3) is 0 Å². The molecule has 1 fully saturated rings. The Morgan fingerprint density at radius 3 is 2.61 bits per heavy atom. The molecule has 5 heteroatoms. The summed E-state index contributed by atoms with van der Waals surface area (Å²) in [4.78, 5) is 13.9. The summed E-state index contributed by atoms with van der Waals surface area (Å²) in [7, 11) is 1.82. The minimum absolute atomic E-state index is 0.0758. The Hall–Kier alpha value is -0.810. The first kappa shape index (κ1) is 13.6. The number of hydrogen-bond acceptors (Lipinski definition) is 3. The molecule has 0 unspecified atom stereocenters. The Morgan fingerprint density at radius 1 is 1.44 bits per heavy atom. The van der Waals surface area contributed by atoms with Crippen molar-refractivity contribution in [2.24, 2.45) is 5.92 Å². The standard InChI is InChI=1S/C13H18BrNO3/c1-15(10-4-2-9(8-16)3-5-10)13(17)11-6-7-12(14)18-11/h6-7,9-10,16H,2-5,8H2,1H3. The fourth-order valence-electron chi connectivity index (χ4n) is 2.48. The van der Waals surface area contributed by atoms with Gasteiger partial charge in [-0.25, -0.2) is 0 Å². The molecule has 0 bridgehead atoms. The molecule has 0 saturated heterocycles. The van der Waals surface area contributed by atoms with E-state index in [0.29, 0.717) is 16.3 Å². The third kappa shape index (κ3) is 2.95. The normalized spacial score (nSPS) is 23.9. The number of rotatable bonds is 3. The Morgan fingerprint density at radius 2 is 2.11 bits per heavy atom. The highest BCUT2D eigenvalue weighted by molar-refractivity contribution is 9.10. The first-order chi connectivity index (χ1) is 8.61. The second-order valence-corrected chi connectivity index (χ2v) is 5.66. The van der Waals surface area contributed by atoms with E-state index in [9.17, 15) is 4.79 Å². The van der Waals surface area contributed by atoms with Gasteiger partial charge in [-0.3, -0.25) is 4.79 Å². The highest BCUT2D eigenvalue weighted by atomic mass is 79.9. The summed E-state index contributed by atoms with van der Waals surface area (Å²) in [5.41, 5.74) is 0. The fourth-order valence-corrected chi connectivity index (χ4v) is 2.79. The molecule has 1 N–H and O–H groups in total. The number of amides is 1. The molecular formula is C13H18BrNO3. The summed E-state index contributed by atoms with van der Waals surface area (Å²) in [6.45, 7) is 0.259. The van der Waals surface area contributed by atoms with Crippen LogP contribution in [0.3, 0.4) is 0 Å². The van der Waals surface area contributed by atoms with Crippen molar-refractivity contribution in [3.05, 3.63) is 22.6 Å². The molecular weight excluding hydrogens is 298 g/mol. The van der Waals surface area contributed by atoms with Gasteiger partial charge in [-0.05, 0) is 59.7 Å². The van der Waals surface area contributed by atoms with E-state index >= 15 is 0 Å². The predicted octanol–water partition coefficient (Wildman–Crippen LogP) is 2.67. The van der Waals surface area contributed by atoms with Gasteiger partial charge < -0.3 is 14.4 Å². The molecule has 1 saturated carbocycles. The lowest BCUT2D eigenvalue weighted by Gasteiger charge is -2.33. The van der Waals surface area contributed by atoms with Crippen molar-refractivity contribution in [2.75, 3.05) is 13.7 Å². The zero-order valence-electron chi connectivity index (χ0n) is 10.4. The molecule has 0 radical (unpaired) electrons. The Bertz CT molecular complexity index is 410. The quantitative estimate of drug-likeness (QED) is 0.933. The first-order valence-electron chi connectivity index (χ1n) is 6.25. The van der Waals surface area contributed by atoms with Gasteiger partial charge in [-0.1, -0.05) is 0 Å². The Balaban J connectivity index is 1.95. The van der Waals surface area contributed by atoms with Crippen molar-refractivity contribution in [3.8, 4) is 0 Å². The van der Waals surface area contributed by atoms with Crippen LogP contribution >= 0.6 is 15.9 Å². The molecule has 18 heavy (non-hydrogen) atoms. The minimum atomic E-state index is -0.0758. The van der Waals surface area contributed by atoms with Crippen LogP contribution in [-0.2, 0) is 0 Å². The Kier molecular flexibility index (Phi) is 4.45. The van der Waals surface area contributed by atoms with Crippen molar-refractivity contribution in [3.63, 3.8) is 0 Å². The maximum atomic E-state index is 12.2. The van der Waals surface area contributed by atoms with E-state index in [2.05, 4.69) is 15.9 Å². The molecule has 1 heterocycles. The molecule has 1 amide bonds. The largest absolute Gasteiger partial charge is 0.444 e. The van der Waals surface area contributed by atoms with E-state index in [4.69, 9.17) is 9.52 Å². The van der Waals surface area contributed by atoms with Gasteiger partial charge in [0.15, 0.2) is 10.4 Å². The minimum Gasteiger partial charge on any atom is -0.444 e. The van der Waals surface area contributed by atoms with E-state index in [-0.39, 0.29) is 18.6 Å². The van der Waals surface area contributed by atoms with Gasteiger partial charge in [0.1, 0.15) is 0 Å². The lowest BCUT2D eigenvalue weighted by molar-refractivity contribution is 0.0620. The molecule has 1 aromatic heterocycles.